The van der Waals surface area contributed by atoms with Crippen molar-refractivity contribution in [1.82, 2.24) is 0 Å². The third-order valence-electron chi connectivity index (χ3n) is 1.37. The summed E-state index contributed by atoms with van der Waals surface area (Å²) >= 11 is 0. The number of rotatable bonds is 4. The first-order valence-corrected chi connectivity index (χ1v) is 5.04. The van der Waals surface area contributed by atoms with E-state index in [0.29, 0.717) is 5.56 Å². The summed E-state index contributed by atoms with van der Waals surface area (Å²) in [5.41, 5.74) is 0.588. The second-order valence-electron chi connectivity index (χ2n) is 2.27. The predicted octanol–water partition coefficient (Wildman–Crippen LogP) is 1.77. The maximum atomic E-state index is 11.2. The minimum absolute atomic E-state index is 0.588. The summed E-state index contributed by atoms with van der Waals surface area (Å²) in [6, 6.07) is 8.62. The first-order valence-electron chi connectivity index (χ1n) is 3.42. The van der Waals surface area contributed by atoms with Crippen molar-refractivity contribution in [2.24, 2.45) is 5.90 Å². The Balaban J connectivity index is 2.74. The van der Waals surface area contributed by atoms with Crippen molar-refractivity contribution >= 4 is 7.60 Å². The molecule has 5 nitrogen and oxygen atoms in total. The van der Waals surface area contributed by atoms with Gasteiger partial charge in [-0.05, 0) is 5.56 Å². The van der Waals surface area contributed by atoms with Crippen LogP contribution in [0.2, 0.25) is 0 Å². The molecule has 13 heavy (non-hydrogen) atoms. The summed E-state index contributed by atoms with van der Waals surface area (Å²) in [6.45, 7) is 0. The standard InChI is InChI=1S/C7H9NO4P/c8-11-13(10,12-9)6-7-4-2-1-3-5-7/h1-6,9H,8H2. The molecule has 0 saturated heterocycles. The average Bonchev–Trinajstić information content (AvgIpc) is 2.19. The molecule has 1 aromatic rings. The summed E-state index contributed by atoms with van der Waals surface area (Å²) in [6.07, 6.45) is 1.12. The van der Waals surface area contributed by atoms with Gasteiger partial charge in [-0.2, -0.15) is 4.67 Å². The third kappa shape index (κ3) is 2.91. The van der Waals surface area contributed by atoms with Crippen molar-refractivity contribution in [1.29, 1.82) is 0 Å². The van der Waals surface area contributed by atoms with Gasteiger partial charge in [0.2, 0.25) is 0 Å². The topological polar surface area (TPSA) is 81.8 Å². The zero-order chi connectivity index (χ0) is 9.73. The van der Waals surface area contributed by atoms with Crippen LogP contribution in [0.5, 0.6) is 0 Å². The molecule has 1 unspecified atom stereocenters. The van der Waals surface area contributed by atoms with Crippen molar-refractivity contribution in [2.75, 3.05) is 0 Å². The van der Waals surface area contributed by atoms with E-state index < -0.39 is 7.60 Å². The Labute approximate surface area is 75.5 Å². The first-order chi connectivity index (χ1) is 6.20. The van der Waals surface area contributed by atoms with Gasteiger partial charge in [-0.15, -0.1) is 0 Å². The van der Waals surface area contributed by atoms with Crippen LogP contribution in [-0.4, -0.2) is 5.26 Å². The SMILES string of the molecule is NOP(=O)([CH]c1ccccc1)OO. The number of nitrogens with two attached hydrogens (primary N) is 1. The van der Waals surface area contributed by atoms with E-state index in [0.717, 1.165) is 6.16 Å². The lowest BCUT2D eigenvalue weighted by molar-refractivity contribution is -0.147. The molecule has 1 aromatic carbocycles. The molecule has 0 fully saturated rings. The van der Waals surface area contributed by atoms with Gasteiger partial charge in [-0.3, -0.25) is 4.57 Å². The van der Waals surface area contributed by atoms with Gasteiger partial charge in [0.05, 0.1) is 0 Å². The second kappa shape index (κ2) is 4.50. The smallest absolute Gasteiger partial charge is 0.255 e. The molecule has 0 amide bonds. The molecule has 0 heterocycles. The number of hydrogen-bond donors (Lipinski definition) is 2. The maximum Gasteiger partial charge on any atom is 0.382 e. The zero-order valence-corrected chi connectivity index (χ0v) is 7.56. The highest BCUT2D eigenvalue weighted by Gasteiger charge is 2.25. The van der Waals surface area contributed by atoms with Crippen molar-refractivity contribution in [3.05, 3.63) is 42.1 Å². The van der Waals surface area contributed by atoms with E-state index in [9.17, 15) is 4.57 Å². The molecule has 0 aromatic heterocycles. The predicted molar refractivity (Wildman–Crippen MR) is 46.4 cm³/mol. The van der Waals surface area contributed by atoms with E-state index in [2.05, 4.69) is 15.2 Å². The summed E-state index contributed by atoms with van der Waals surface area (Å²) in [7, 11) is -3.69. The summed E-state index contributed by atoms with van der Waals surface area (Å²) in [5, 5.41) is 8.25. The zero-order valence-electron chi connectivity index (χ0n) is 6.66. The molecule has 71 valence electrons. The van der Waals surface area contributed by atoms with E-state index >= 15 is 0 Å². The maximum absolute atomic E-state index is 11.2. The third-order valence-corrected chi connectivity index (χ3v) is 2.50. The monoisotopic (exact) mass is 202 g/mol. The fourth-order valence-corrected chi connectivity index (χ4v) is 1.48. The van der Waals surface area contributed by atoms with Crippen molar-refractivity contribution < 1.29 is 19.1 Å². The Morgan fingerprint density at radius 2 is 2.00 bits per heavy atom. The molecule has 0 aliphatic heterocycles. The number of benzene rings is 1. The Hall–Kier alpha value is -0.710. The first kappa shape index (κ1) is 10.4. The van der Waals surface area contributed by atoms with Crippen LogP contribution < -0.4 is 5.90 Å². The van der Waals surface area contributed by atoms with Crippen LogP contribution in [0.3, 0.4) is 0 Å². The molecule has 0 saturated carbocycles. The van der Waals surface area contributed by atoms with Crippen molar-refractivity contribution in [2.45, 2.75) is 0 Å². The van der Waals surface area contributed by atoms with Gasteiger partial charge in [-0.25, -0.2) is 15.8 Å². The highest BCUT2D eigenvalue weighted by Crippen LogP contribution is 2.50. The van der Waals surface area contributed by atoms with E-state index in [1.54, 1.807) is 30.3 Å². The van der Waals surface area contributed by atoms with Crippen molar-refractivity contribution in [3.63, 3.8) is 0 Å². The molecule has 0 bridgehead atoms. The van der Waals surface area contributed by atoms with Crippen LogP contribution >= 0.6 is 7.60 Å². The van der Waals surface area contributed by atoms with Crippen LogP contribution in [0.25, 0.3) is 0 Å². The lowest BCUT2D eigenvalue weighted by Gasteiger charge is -2.09. The van der Waals surface area contributed by atoms with Crippen molar-refractivity contribution in [3.8, 4) is 0 Å². The van der Waals surface area contributed by atoms with Gasteiger partial charge in [0, 0.05) is 0 Å². The van der Waals surface area contributed by atoms with E-state index in [4.69, 9.17) is 5.26 Å². The minimum atomic E-state index is -3.69. The molecular formula is C7H9NO4P. The van der Waals surface area contributed by atoms with Crippen LogP contribution in [0.15, 0.2) is 30.3 Å². The molecule has 0 spiro atoms. The highest BCUT2D eigenvalue weighted by molar-refractivity contribution is 7.56. The normalized spacial score (nSPS) is 15.2. The van der Waals surface area contributed by atoms with Gasteiger partial charge in [0.25, 0.3) is 0 Å². The molecule has 0 aliphatic carbocycles. The molecule has 1 radical (unpaired) electrons. The fraction of sp³-hybridized carbons (Fsp3) is 0. The van der Waals surface area contributed by atoms with Gasteiger partial charge < -0.3 is 0 Å². The fourth-order valence-electron chi connectivity index (χ4n) is 0.795. The van der Waals surface area contributed by atoms with Crippen LogP contribution in [0.1, 0.15) is 5.56 Å². The Kier molecular flexibility index (Phi) is 3.59. The summed E-state index contributed by atoms with van der Waals surface area (Å²) < 4.78 is 18.9. The quantitative estimate of drug-likeness (QED) is 0.441. The largest absolute Gasteiger partial charge is 0.382 e. The lowest BCUT2D eigenvalue weighted by Crippen LogP contribution is -2.00. The van der Waals surface area contributed by atoms with Gasteiger partial charge in [0.15, 0.2) is 0 Å². The van der Waals surface area contributed by atoms with Gasteiger partial charge in [-0.1, -0.05) is 30.3 Å². The summed E-state index contributed by atoms with van der Waals surface area (Å²) in [5.74, 6) is 4.69. The second-order valence-corrected chi connectivity index (χ2v) is 3.98. The molecular weight excluding hydrogens is 193 g/mol. The molecule has 0 aliphatic rings. The molecule has 1 rings (SSSR count). The average molecular weight is 202 g/mol. The van der Waals surface area contributed by atoms with Gasteiger partial charge in [0.1, 0.15) is 6.16 Å². The van der Waals surface area contributed by atoms with Crippen LogP contribution in [0, 0.1) is 6.16 Å². The Bertz CT molecular complexity index is 295. The summed E-state index contributed by atoms with van der Waals surface area (Å²) in [4.78, 5) is 0. The number of hydrogen-bond acceptors (Lipinski definition) is 5. The van der Waals surface area contributed by atoms with E-state index in [1.807, 2.05) is 0 Å². The molecule has 1 atom stereocenters. The minimum Gasteiger partial charge on any atom is -0.255 e. The van der Waals surface area contributed by atoms with Crippen LogP contribution in [-0.2, 0) is 13.9 Å². The highest BCUT2D eigenvalue weighted by atomic mass is 31.2. The van der Waals surface area contributed by atoms with E-state index in [1.165, 1.54) is 0 Å². The van der Waals surface area contributed by atoms with Gasteiger partial charge >= 0.3 is 7.60 Å². The van der Waals surface area contributed by atoms with Crippen LogP contribution in [0.4, 0.5) is 0 Å². The Morgan fingerprint density at radius 3 is 2.46 bits per heavy atom. The molecule has 6 heteroatoms. The Morgan fingerprint density at radius 1 is 1.38 bits per heavy atom. The lowest BCUT2D eigenvalue weighted by atomic mass is 10.2. The molecule has 3 N–H and O–H groups in total. The van der Waals surface area contributed by atoms with E-state index in [-0.39, 0.29) is 0 Å².